The minimum atomic E-state index is -4.51. The molecule has 158 valence electrons. The zero-order valence-electron chi connectivity index (χ0n) is 16.5. The van der Waals surface area contributed by atoms with Crippen molar-refractivity contribution in [2.75, 3.05) is 18.0 Å². The molecule has 2 aromatic heterocycles. The maximum absolute atomic E-state index is 13.0. The molecule has 0 atom stereocenters. The Balaban J connectivity index is 1.39. The number of hydrogen-bond acceptors (Lipinski definition) is 5. The summed E-state index contributed by atoms with van der Waals surface area (Å²) in [6.45, 7) is 4.29. The quantitative estimate of drug-likeness (QED) is 0.681. The van der Waals surface area contributed by atoms with Crippen LogP contribution in [0.5, 0.6) is 0 Å². The lowest BCUT2D eigenvalue weighted by molar-refractivity contribution is -0.141. The van der Waals surface area contributed by atoms with E-state index >= 15 is 0 Å². The second kappa shape index (κ2) is 7.58. The fourth-order valence-corrected chi connectivity index (χ4v) is 3.66. The molecule has 1 amide bonds. The first-order valence-electron chi connectivity index (χ1n) is 9.64. The molecule has 0 spiro atoms. The van der Waals surface area contributed by atoms with Crippen LogP contribution in [-0.4, -0.2) is 45.0 Å². The summed E-state index contributed by atoms with van der Waals surface area (Å²) in [5.41, 5.74) is 1.20. The number of carbonyl (C=O) groups is 1. The van der Waals surface area contributed by atoms with Crippen molar-refractivity contribution in [2.24, 2.45) is 0 Å². The molecule has 1 saturated heterocycles. The molecule has 7 nitrogen and oxygen atoms in total. The van der Waals surface area contributed by atoms with E-state index < -0.39 is 11.9 Å². The van der Waals surface area contributed by atoms with E-state index in [1.165, 1.54) is 6.92 Å². The largest absolute Gasteiger partial charge is 0.433 e. The Bertz CT molecular complexity index is 1090. The normalized spacial score (nSPS) is 15.6. The number of piperidine rings is 1. The Morgan fingerprint density at radius 1 is 1.13 bits per heavy atom. The summed E-state index contributed by atoms with van der Waals surface area (Å²) in [5.74, 6) is 0.947. The smallest absolute Gasteiger partial charge is 0.356 e. The number of aromatic amines is 1. The van der Waals surface area contributed by atoms with Crippen molar-refractivity contribution in [3.8, 4) is 0 Å². The highest BCUT2D eigenvalue weighted by atomic mass is 19.4. The van der Waals surface area contributed by atoms with Crippen LogP contribution in [0.15, 0.2) is 24.3 Å². The van der Waals surface area contributed by atoms with Crippen LogP contribution < -0.4 is 10.2 Å². The Morgan fingerprint density at radius 2 is 1.87 bits per heavy atom. The number of imidazole rings is 1. The molecular formula is C20H21F3N6O. The number of halogens is 3. The van der Waals surface area contributed by atoms with E-state index in [9.17, 15) is 18.0 Å². The first-order chi connectivity index (χ1) is 14.2. The third kappa shape index (κ3) is 4.22. The average molecular weight is 418 g/mol. The lowest BCUT2D eigenvalue weighted by Gasteiger charge is -2.33. The number of benzene rings is 1. The minimum Gasteiger partial charge on any atom is -0.356 e. The van der Waals surface area contributed by atoms with Gasteiger partial charge >= 0.3 is 6.18 Å². The van der Waals surface area contributed by atoms with Gasteiger partial charge in [-0.3, -0.25) is 4.79 Å². The van der Waals surface area contributed by atoms with E-state index in [-0.39, 0.29) is 23.6 Å². The van der Waals surface area contributed by atoms with E-state index in [1.54, 1.807) is 23.1 Å². The Kier molecular flexibility index (Phi) is 5.08. The molecule has 0 radical (unpaired) electrons. The Morgan fingerprint density at radius 3 is 2.57 bits per heavy atom. The highest BCUT2D eigenvalue weighted by Crippen LogP contribution is 2.30. The number of hydrogen-bond donors (Lipinski definition) is 2. The van der Waals surface area contributed by atoms with Crippen LogP contribution in [0.2, 0.25) is 0 Å². The molecule has 2 N–H and O–H groups in total. The molecule has 0 bridgehead atoms. The zero-order valence-corrected chi connectivity index (χ0v) is 16.5. The van der Waals surface area contributed by atoms with E-state index in [4.69, 9.17) is 0 Å². The number of carbonyl (C=O) groups excluding carboxylic acids is 1. The number of nitrogens with one attached hydrogen (secondary N) is 2. The molecule has 1 aliphatic heterocycles. The first kappa shape index (κ1) is 20.1. The molecule has 1 aromatic carbocycles. The van der Waals surface area contributed by atoms with Gasteiger partial charge in [-0.2, -0.15) is 13.2 Å². The van der Waals surface area contributed by atoms with Crippen molar-refractivity contribution in [1.82, 2.24) is 25.3 Å². The monoisotopic (exact) mass is 418 g/mol. The molecule has 3 aromatic rings. The topological polar surface area (TPSA) is 86.8 Å². The number of fused-ring (bicyclic) bond motifs is 1. The van der Waals surface area contributed by atoms with Crippen LogP contribution in [0.4, 0.5) is 19.0 Å². The van der Waals surface area contributed by atoms with Gasteiger partial charge < -0.3 is 15.2 Å². The minimum absolute atomic E-state index is 0.0574. The number of amides is 1. The van der Waals surface area contributed by atoms with Crippen molar-refractivity contribution in [1.29, 1.82) is 0 Å². The summed E-state index contributed by atoms with van der Waals surface area (Å²) in [6, 6.07) is 6.22. The molecule has 0 saturated carbocycles. The van der Waals surface area contributed by atoms with Gasteiger partial charge in [0.15, 0.2) is 0 Å². The number of nitrogens with zero attached hydrogens (tertiary/aromatic N) is 4. The molecule has 4 rings (SSSR count). The molecule has 0 aliphatic carbocycles. The van der Waals surface area contributed by atoms with Crippen LogP contribution in [0.3, 0.4) is 0 Å². The second-order valence-corrected chi connectivity index (χ2v) is 7.45. The van der Waals surface area contributed by atoms with Crippen molar-refractivity contribution < 1.29 is 18.0 Å². The first-order valence-corrected chi connectivity index (χ1v) is 9.64. The lowest BCUT2D eigenvalue weighted by atomic mass is 10.0. The fraction of sp³-hybridized carbons (Fsp3) is 0.400. The van der Waals surface area contributed by atoms with Gasteiger partial charge in [0.05, 0.1) is 11.0 Å². The second-order valence-electron chi connectivity index (χ2n) is 7.45. The summed E-state index contributed by atoms with van der Waals surface area (Å²) in [6.07, 6.45) is -3.29. The third-order valence-corrected chi connectivity index (χ3v) is 5.13. The van der Waals surface area contributed by atoms with Crippen LogP contribution in [0, 0.1) is 13.8 Å². The van der Waals surface area contributed by atoms with E-state index in [1.807, 2.05) is 6.92 Å². The average Bonchev–Trinajstić information content (AvgIpc) is 3.06. The Hall–Kier alpha value is -3.17. The number of H-pyrrole nitrogens is 1. The van der Waals surface area contributed by atoms with Crippen LogP contribution >= 0.6 is 0 Å². The summed E-state index contributed by atoms with van der Waals surface area (Å²) in [4.78, 5) is 29.5. The Labute approximate surface area is 170 Å². The predicted molar refractivity (Wildman–Crippen MR) is 105 cm³/mol. The molecule has 3 heterocycles. The highest BCUT2D eigenvalue weighted by molar-refractivity contribution is 5.97. The maximum Gasteiger partial charge on any atom is 0.433 e. The van der Waals surface area contributed by atoms with Crippen molar-refractivity contribution in [3.63, 3.8) is 0 Å². The molecular weight excluding hydrogens is 397 g/mol. The van der Waals surface area contributed by atoms with Gasteiger partial charge in [0, 0.05) is 30.8 Å². The van der Waals surface area contributed by atoms with Crippen molar-refractivity contribution >= 4 is 22.8 Å². The number of alkyl halides is 3. The molecule has 1 fully saturated rings. The maximum atomic E-state index is 13.0. The SMILES string of the molecule is Cc1nc(N2CCC(NC(=O)c3ccc4nc(C)[nH]c4c3)CC2)cc(C(F)(F)F)n1. The van der Waals surface area contributed by atoms with Gasteiger partial charge in [0.2, 0.25) is 0 Å². The fourth-order valence-electron chi connectivity index (χ4n) is 3.66. The van der Waals surface area contributed by atoms with Crippen LogP contribution in [-0.2, 0) is 6.18 Å². The van der Waals surface area contributed by atoms with E-state index in [0.29, 0.717) is 31.5 Å². The van der Waals surface area contributed by atoms with Crippen LogP contribution in [0.25, 0.3) is 11.0 Å². The van der Waals surface area contributed by atoms with E-state index in [0.717, 1.165) is 22.9 Å². The van der Waals surface area contributed by atoms with Gasteiger partial charge in [-0.15, -0.1) is 0 Å². The van der Waals surface area contributed by atoms with Crippen molar-refractivity contribution in [2.45, 2.75) is 38.9 Å². The summed E-state index contributed by atoms with van der Waals surface area (Å²) in [5, 5.41) is 3.01. The highest BCUT2D eigenvalue weighted by Gasteiger charge is 2.34. The van der Waals surface area contributed by atoms with Gasteiger partial charge in [0.25, 0.3) is 5.91 Å². The third-order valence-electron chi connectivity index (χ3n) is 5.13. The van der Waals surface area contributed by atoms with Crippen LogP contribution in [0.1, 0.15) is 40.5 Å². The molecule has 0 unspecified atom stereocenters. The summed E-state index contributed by atoms with van der Waals surface area (Å²) < 4.78 is 39.1. The standard InChI is InChI=1S/C20H21F3N6O/c1-11-24-15-4-3-13(9-16(15)25-11)19(30)28-14-5-7-29(8-6-14)18-10-17(20(21,22)23)26-12(2)27-18/h3-4,9-10,14H,5-8H2,1-2H3,(H,24,25)(H,28,30). The summed E-state index contributed by atoms with van der Waals surface area (Å²) in [7, 11) is 0. The van der Waals surface area contributed by atoms with Gasteiger partial charge in [-0.1, -0.05) is 0 Å². The number of anilines is 1. The van der Waals surface area contributed by atoms with E-state index in [2.05, 4.69) is 25.3 Å². The molecule has 1 aliphatic rings. The van der Waals surface area contributed by atoms with Gasteiger partial charge in [-0.25, -0.2) is 15.0 Å². The number of rotatable bonds is 3. The number of aromatic nitrogens is 4. The number of aryl methyl sites for hydroxylation is 2. The molecule has 30 heavy (non-hydrogen) atoms. The van der Waals surface area contributed by atoms with Crippen molar-refractivity contribution in [3.05, 3.63) is 47.2 Å². The summed E-state index contributed by atoms with van der Waals surface area (Å²) >= 11 is 0. The predicted octanol–water partition coefficient (Wildman–Crippen LogP) is 3.39. The van der Waals surface area contributed by atoms with Gasteiger partial charge in [0.1, 0.15) is 23.2 Å². The van der Waals surface area contributed by atoms with Gasteiger partial charge in [-0.05, 0) is 44.9 Å². The zero-order chi connectivity index (χ0) is 21.5. The molecule has 10 heteroatoms. The lowest BCUT2D eigenvalue weighted by Crippen LogP contribution is -2.45.